The molecule has 0 amide bonds. The van der Waals surface area contributed by atoms with Gasteiger partial charge in [-0.3, -0.25) is 4.90 Å². The molecule has 0 unspecified atom stereocenters. The van der Waals surface area contributed by atoms with Crippen LogP contribution in [0.25, 0.3) is 0 Å². The molecule has 0 aromatic heterocycles. The van der Waals surface area contributed by atoms with Gasteiger partial charge in [-0.1, -0.05) is 25.6 Å². The van der Waals surface area contributed by atoms with Crippen molar-refractivity contribution in [3.63, 3.8) is 0 Å². The third-order valence-electron chi connectivity index (χ3n) is 2.43. The summed E-state index contributed by atoms with van der Waals surface area (Å²) in [6.07, 6.45) is 2.28. The molecule has 19 heavy (non-hydrogen) atoms. The summed E-state index contributed by atoms with van der Waals surface area (Å²) in [5.41, 5.74) is 5.44. The molecule has 0 atom stereocenters. The van der Waals surface area contributed by atoms with Gasteiger partial charge in [0, 0.05) is 19.7 Å². The van der Waals surface area contributed by atoms with Gasteiger partial charge in [0.1, 0.15) is 0 Å². The third-order valence-corrected chi connectivity index (χ3v) is 2.56. The second-order valence-electron chi connectivity index (χ2n) is 4.39. The van der Waals surface area contributed by atoms with Crippen LogP contribution in [0.2, 0.25) is 0 Å². The number of rotatable bonds is 14. The molecule has 0 bridgehead atoms. The van der Waals surface area contributed by atoms with Crippen LogP contribution < -0.4 is 5.73 Å². The lowest BCUT2D eigenvalue weighted by atomic mass is 10.4. The largest absolute Gasteiger partial charge is 0.392 e. The molecule has 0 aromatic rings. The molecule has 5 nitrogen and oxygen atoms in total. The van der Waals surface area contributed by atoms with Gasteiger partial charge in [-0.15, -0.1) is 0 Å². The van der Waals surface area contributed by atoms with E-state index >= 15 is 0 Å². The van der Waals surface area contributed by atoms with Crippen molar-refractivity contribution in [3.05, 3.63) is 0 Å². The minimum Gasteiger partial charge on any atom is -0.392 e. The Morgan fingerprint density at radius 3 is 2.05 bits per heavy atom. The molecule has 114 valence electrons. The molecule has 0 aliphatic rings. The van der Waals surface area contributed by atoms with Crippen LogP contribution in [0.3, 0.4) is 0 Å². The van der Waals surface area contributed by atoms with E-state index in [1.807, 2.05) is 11.9 Å². The van der Waals surface area contributed by atoms with Gasteiger partial charge in [0.25, 0.3) is 0 Å². The van der Waals surface area contributed by atoms with E-state index in [1.165, 1.54) is 0 Å². The molecule has 0 aromatic carbocycles. The fraction of sp³-hybridized carbons (Fsp3) is 0.923. The molecule has 0 saturated heterocycles. The van der Waals surface area contributed by atoms with Crippen LogP contribution >= 0.6 is 12.2 Å². The molecule has 0 rings (SSSR count). The Morgan fingerprint density at radius 1 is 1.00 bits per heavy atom. The molecule has 0 fully saturated rings. The molecule has 0 aliphatic heterocycles. The van der Waals surface area contributed by atoms with Crippen molar-refractivity contribution < 1.29 is 14.2 Å². The predicted octanol–water partition coefficient (Wildman–Crippen LogP) is 1.05. The number of unbranched alkanes of at least 4 members (excludes halogenated alkanes) is 1. The summed E-state index contributed by atoms with van der Waals surface area (Å²) in [5.74, 6) is 0. The number of ether oxygens (including phenoxy) is 3. The molecule has 6 heteroatoms. The Hall–Kier alpha value is -0.270. The molecule has 0 spiro atoms. The summed E-state index contributed by atoms with van der Waals surface area (Å²) in [6, 6.07) is 0. The molecule has 2 N–H and O–H groups in total. The average Bonchev–Trinajstić information content (AvgIpc) is 2.35. The minimum absolute atomic E-state index is 0.508. The maximum atomic E-state index is 5.44. The number of nitrogens with zero attached hydrogens (tertiary/aromatic N) is 1. The van der Waals surface area contributed by atoms with E-state index in [1.54, 1.807) is 0 Å². The fourth-order valence-corrected chi connectivity index (χ4v) is 1.57. The highest BCUT2D eigenvalue weighted by Crippen LogP contribution is 1.88. The van der Waals surface area contributed by atoms with E-state index in [9.17, 15) is 0 Å². The SMILES string of the molecule is CCCCOCCOCCOCCN(C)CC(N)=S. The van der Waals surface area contributed by atoms with E-state index < -0.39 is 0 Å². The van der Waals surface area contributed by atoms with Crippen molar-refractivity contribution in [2.75, 3.05) is 59.8 Å². The number of hydrogen-bond donors (Lipinski definition) is 1. The van der Waals surface area contributed by atoms with Crippen LogP contribution in [0.1, 0.15) is 19.8 Å². The van der Waals surface area contributed by atoms with E-state index in [-0.39, 0.29) is 0 Å². The summed E-state index contributed by atoms with van der Waals surface area (Å²) in [6.45, 7) is 7.59. The molecular formula is C13H28N2O3S. The van der Waals surface area contributed by atoms with Crippen LogP contribution in [-0.4, -0.2) is 69.7 Å². The van der Waals surface area contributed by atoms with E-state index in [4.69, 9.17) is 32.2 Å². The predicted molar refractivity (Wildman–Crippen MR) is 81.6 cm³/mol. The third kappa shape index (κ3) is 15.7. The highest BCUT2D eigenvalue weighted by Gasteiger charge is 1.99. The van der Waals surface area contributed by atoms with Crippen molar-refractivity contribution in [2.45, 2.75) is 19.8 Å². The molecule has 0 aliphatic carbocycles. The topological polar surface area (TPSA) is 57.0 Å². The van der Waals surface area contributed by atoms with Gasteiger partial charge in [0.05, 0.1) is 38.0 Å². The highest BCUT2D eigenvalue weighted by molar-refractivity contribution is 7.80. The van der Waals surface area contributed by atoms with Crippen LogP contribution in [-0.2, 0) is 14.2 Å². The molecule has 0 heterocycles. The summed E-state index contributed by atoms with van der Waals surface area (Å²) in [5, 5.41) is 0. The zero-order chi connectivity index (χ0) is 14.3. The molecular weight excluding hydrogens is 264 g/mol. The van der Waals surface area contributed by atoms with Gasteiger partial charge in [-0.25, -0.2) is 0 Å². The first-order valence-corrected chi connectivity index (χ1v) is 7.27. The first-order valence-electron chi connectivity index (χ1n) is 6.87. The Morgan fingerprint density at radius 2 is 1.53 bits per heavy atom. The lowest BCUT2D eigenvalue weighted by molar-refractivity contribution is 0.0116. The summed E-state index contributed by atoms with van der Waals surface area (Å²) in [4.78, 5) is 2.54. The normalized spacial score (nSPS) is 11.1. The zero-order valence-electron chi connectivity index (χ0n) is 12.2. The second kappa shape index (κ2) is 14.1. The van der Waals surface area contributed by atoms with Gasteiger partial charge in [-0.05, 0) is 13.5 Å². The van der Waals surface area contributed by atoms with Crippen molar-refractivity contribution in [3.8, 4) is 0 Å². The first kappa shape index (κ1) is 18.7. The smallest absolute Gasteiger partial charge is 0.0869 e. The zero-order valence-corrected chi connectivity index (χ0v) is 13.0. The number of hydrogen-bond acceptors (Lipinski definition) is 5. The van der Waals surface area contributed by atoms with Gasteiger partial charge >= 0.3 is 0 Å². The van der Waals surface area contributed by atoms with E-state index in [0.717, 1.165) is 26.0 Å². The van der Waals surface area contributed by atoms with Crippen molar-refractivity contribution in [2.24, 2.45) is 5.73 Å². The summed E-state index contributed by atoms with van der Waals surface area (Å²) in [7, 11) is 1.96. The standard InChI is InChI=1S/C13H28N2O3S/c1-3-4-6-16-8-10-18-11-9-17-7-5-15(2)12-13(14)19/h3-12H2,1-2H3,(H2,14,19). The monoisotopic (exact) mass is 292 g/mol. The second-order valence-corrected chi connectivity index (χ2v) is 4.92. The van der Waals surface area contributed by atoms with Gasteiger partial charge in [0.2, 0.25) is 0 Å². The summed E-state index contributed by atoms with van der Waals surface area (Å²) >= 11 is 4.82. The van der Waals surface area contributed by atoms with Crippen LogP contribution in [0.15, 0.2) is 0 Å². The first-order chi connectivity index (χ1) is 9.16. The lowest BCUT2D eigenvalue weighted by Gasteiger charge is -2.15. The van der Waals surface area contributed by atoms with Gasteiger partial charge < -0.3 is 19.9 Å². The Kier molecular flexibility index (Phi) is 13.9. The number of likely N-dealkylation sites (N-methyl/N-ethyl adjacent to an activating group) is 1. The average molecular weight is 292 g/mol. The maximum Gasteiger partial charge on any atom is 0.0869 e. The van der Waals surface area contributed by atoms with E-state index in [2.05, 4.69) is 6.92 Å². The fourth-order valence-electron chi connectivity index (χ4n) is 1.35. The molecule has 0 saturated carbocycles. The lowest BCUT2D eigenvalue weighted by Crippen LogP contribution is -2.32. The Bertz CT molecular complexity index is 218. The molecule has 0 radical (unpaired) electrons. The minimum atomic E-state index is 0.508. The van der Waals surface area contributed by atoms with Crippen molar-refractivity contribution in [1.29, 1.82) is 0 Å². The maximum absolute atomic E-state index is 5.44. The van der Waals surface area contributed by atoms with Gasteiger partial charge in [0.15, 0.2) is 0 Å². The summed E-state index contributed by atoms with van der Waals surface area (Å²) < 4.78 is 16.2. The van der Waals surface area contributed by atoms with Crippen molar-refractivity contribution >= 4 is 17.2 Å². The van der Waals surface area contributed by atoms with Crippen LogP contribution in [0, 0.1) is 0 Å². The Balaban J connectivity index is 3.08. The highest BCUT2D eigenvalue weighted by atomic mass is 32.1. The quantitative estimate of drug-likeness (QED) is 0.381. The van der Waals surface area contributed by atoms with Gasteiger partial charge in [-0.2, -0.15) is 0 Å². The van der Waals surface area contributed by atoms with Crippen molar-refractivity contribution in [1.82, 2.24) is 4.90 Å². The number of thiocarbonyl (C=S) groups is 1. The van der Waals surface area contributed by atoms with Crippen LogP contribution in [0.5, 0.6) is 0 Å². The number of nitrogens with two attached hydrogens (primary N) is 1. The van der Waals surface area contributed by atoms with E-state index in [0.29, 0.717) is 44.6 Å². The Labute approximate surface area is 122 Å². The van der Waals surface area contributed by atoms with Crippen LogP contribution in [0.4, 0.5) is 0 Å².